The predicted octanol–water partition coefficient (Wildman–Crippen LogP) is 2.42. The maximum Gasteiger partial charge on any atom is 0.306 e. The number of benzene rings is 1. The van der Waals surface area contributed by atoms with Gasteiger partial charge in [0.05, 0.1) is 11.8 Å². The van der Waals surface area contributed by atoms with E-state index >= 15 is 0 Å². The number of carbonyl (C=O) groups is 3. The van der Waals surface area contributed by atoms with Crippen LogP contribution in [0.5, 0.6) is 0 Å². The molecule has 6 heteroatoms. The first kappa shape index (κ1) is 18.4. The van der Waals surface area contributed by atoms with Gasteiger partial charge >= 0.3 is 5.97 Å². The number of hydrogen-bond acceptors (Lipinski definition) is 3. The minimum atomic E-state index is -0.750. The van der Waals surface area contributed by atoms with Crippen LogP contribution in [0.4, 0.5) is 5.69 Å². The first-order valence-electron chi connectivity index (χ1n) is 9.26. The highest BCUT2D eigenvalue weighted by molar-refractivity contribution is 6.01. The van der Waals surface area contributed by atoms with Gasteiger partial charge in [-0.2, -0.15) is 0 Å². The number of carbonyl (C=O) groups excluding carboxylic acids is 2. The van der Waals surface area contributed by atoms with Crippen LogP contribution in [0.25, 0.3) is 0 Å². The van der Waals surface area contributed by atoms with Gasteiger partial charge in [-0.3, -0.25) is 14.4 Å². The predicted molar refractivity (Wildman–Crippen MR) is 97.9 cm³/mol. The molecule has 0 unspecified atom stereocenters. The normalized spacial score (nSPS) is 26.0. The van der Waals surface area contributed by atoms with Crippen molar-refractivity contribution in [3.05, 3.63) is 29.3 Å². The van der Waals surface area contributed by atoms with E-state index in [1.54, 1.807) is 4.90 Å². The summed E-state index contributed by atoms with van der Waals surface area (Å²) < 4.78 is 0. The van der Waals surface area contributed by atoms with Gasteiger partial charge in [0.25, 0.3) is 0 Å². The Labute approximate surface area is 153 Å². The lowest BCUT2D eigenvalue weighted by atomic mass is 9.86. The molecule has 0 bridgehead atoms. The molecule has 1 heterocycles. The summed E-state index contributed by atoms with van der Waals surface area (Å²) in [5.74, 6) is -1.51. The Morgan fingerprint density at radius 3 is 2.46 bits per heavy atom. The van der Waals surface area contributed by atoms with Crippen LogP contribution >= 0.6 is 0 Å². The summed E-state index contributed by atoms with van der Waals surface area (Å²) in [6.07, 6.45) is 2.79. The summed E-state index contributed by atoms with van der Waals surface area (Å²) in [7, 11) is 0. The molecule has 0 radical (unpaired) electrons. The third-order valence-electron chi connectivity index (χ3n) is 5.79. The zero-order valence-electron chi connectivity index (χ0n) is 15.3. The van der Waals surface area contributed by atoms with E-state index in [2.05, 4.69) is 5.32 Å². The maximum absolute atomic E-state index is 12.6. The van der Waals surface area contributed by atoms with Crippen LogP contribution in [0, 0.1) is 25.7 Å². The van der Waals surface area contributed by atoms with Gasteiger partial charge in [-0.15, -0.1) is 0 Å². The van der Waals surface area contributed by atoms with Gasteiger partial charge in [0.2, 0.25) is 11.8 Å². The quantitative estimate of drug-likeness (QED) is 0.865. The monoisotopic (exact) mass is 358 g/mol. The van der Waals surface area contributed by atoms with Gasteiger partial charge in [0.15, 0.2) is 0 Å². The Morgan fingerprint density at radius 1 is 1.12 bits per heavy atom. The second-order valence-electron chi connectivity index (χ2n) is 7.52. The van der Waals surface area contributed by atoms with Crippen molar-refractivity contribution < 1.29 is 19.5 Å². The molecule has 26 heavy (non-hydrogen) atoms. The molecule has 1 aromatic carbocycles. The van der Waals surface area contributed by atoms with E-state index in [-0.39, 0.29) is 36.1 Å². The lowest BCUT2D eigenvalue weighted by Gasteiger charge is -2.27. The lowest BCUT2D eigenvalue weighted by molar-refractivity contribution is -0.142. The van der Waals surface area contributed by atoms with Crippen molar-refractivity contribution in [2.75, 3.05) is 11.4 Å². The molecule has 1 saturated carbocycles. The van der Waals surface area contributed by atoms with Crippen molar-refractivity contribution in [3.63, 3.8) is 0 Å². The Morgan fingerprint density at radius 2 is 1.81 bits per heavy atom. The highest BCUT2D eigenvalue weighted by Crippen LogP contribution is 2.30. The van der Waals surface area contributed by atoms with Crippen LogP contribution in [0.15, 0.2) is 18.2 Å². The fraction of sp³-hybridized carbons (Fsp3) is 0.550. The Bertz CT molecular complexity index is 723. The molecule has 140 valence electrons. The summed E-state index contributed by atoms with van der Waals surface area (Å²) in [6, 6.07) is 5.88. The average molecular weight is 358 g/mol. The van der Waals surface area contributed by atoms with E-state index < -0.39 is 5.97 Å². The first-order chi connectivity index (χ1) is 12.4. The number of nitrogens with zero attached hydrogens (tertiary/aromatic N) is 1. The second kappa shape index (κ2) is 7.48. The van der Waals surface area contributed by atoms with E-state index in [1.165, 1.54) is 0 Å². The van der Waals surface area contributed by atoms with Gasteiger partial charge in [-0.1, -0.05) is 12.1 Å². The molecule has 1 atom stereocenters. The molecule has 1 aromatic rings. The SMILES string of the molecule is Cc1cccc(N2C[C@H](C(=O)NC3CCC(C(=O)O)CC3)CC2=O)c1C. The number of hydrogen-bond donors (Lipinski definition) is 2. The van der Waals surface area contributed by atoms with Gasteiger partial charge in [-0.05, 0) is 56.7 Å². The van der Waals surface area contributed by atoms with Crippen molar-refractivity contribution in [3.8, 4) is 0 Å². The molecular weight excluding hydrogens is 332 g/mol. The van der Waals surface area contributed by atoms with Crippen molar-refractivity contribution >= 4 is 23.5 Å². The number of rotatable bonds is 4. The summed E-state index contributed by atoms with van der Waals surface area (Å²) in [4.78, 5) is 37.8. The van der Waals surface area contributed by atoms with Crippen LogP contribution in [-0.4, -0.2) is 35.5 Å². The topological polar surface area (TPSA) is 86.7 Å². The van der Waals surface area contributed by atoms with Gasteiger partial charge in [0, 0.05) is 24.7 Å². The van der Waals surface area contributed by atoms with E-state index in [0.717, 1.165) is 16.8 Å². The summed E-state index contributed by atoms with van der Waals surface area (Å²) >= 11 is 0. The van der Waals surface area contributed by atoms with Crippen molar-refractivity contribution in [2.24, 2.45) is 11.8 Å². The Kier molecular flexibility index (Phi) is 5.30. The number of carboxylic acid groups (broad SMARTS) is 1. The van der Waals surface area contributed by atoms with Crippen molar-refractivity contribution in [1.82, 2.24) is 5.32 Å². The van der Waals surface area contributed by atoms with Gasteiger partial charge < -0.3 is 15.3 Å². The molecule has 1 aliphatic carbocycles. The highest BCUT2D eigenvalue weighted by Gasteiger charge is 2.37. The minimum Gasteiger partial charge on any atom is -0.481 e. The van der Waals surface area contributed by atoms with Crippen molar-refractivity contribution in [2.45, 2.75) is 52.0 Å². The van der Waals surface area contributed by atoms with Crippen molar-refractivity contribution in [1.29, 1.82) is 0 Å². The molecule has 2 aliphatic rings. The number of carboxylic acids is 1. The lowest BCUT2D eigenvalue weighted by Crippen LogP contribution is -2.42. The van der Waals surface area contributed by atoms with Crippen LogP contribution < -0.4 is 10.2 Å². The Balaban J connectivity index is 1.59. The fourth-order valence-corrected chi connectivity index (χ4v) is 3.95. The third-order valence-corrected chi connectivity index (χ3v) is 5.79. The molecule has 3 rings (SSSR count). The van der Waals surface area contributed by atoms with Crippen LogP contribution in [0.2, 0.25) is 0 Å². The van der Waals surface area contributed by atoms with E-state index in [0.29, 0.717) is 32.2 Å². The number of nitrogens with one attached hydrogen (secondary N) is 1. The molecule has 2 amide bonds. The third kappa shape index (κ3) is 3.74. The summed E-state index contributed by atoms with van der Waals surface area (Å²) in [5.41, 5.74) is 3.07. The molecule has 6 nitrogen and oxygen atoms in total. The molecule has 1 aliphatic heterocycles. The largest absolute Gasteiger partial charge is 0.481 e. The minimum absolute atomic E-state index is 0.0166. The highest BCUT2D eigenvalue weighted by atomic mass is 16.4. The zero-order valence-corrected chi connectivity index (χ0v) is 15.3. The van der Waals surface area contributed by atoms with Gasteiger partial charge in [-0.25, -0.2) is 0 Å². The number of aryl methyl sites for hydroxylation is 1. The Hall–Kier alpha value is -2.37. The molecule has 0 spiro atoms. The van der Waals surface area contributed by atoms with Crippen LogP contribution in [0.3, 0.4) is 0 Å². The number of aliphatic carboxylic acids is 1. The van der Waals surface area contributed by atoms with Crippen LogP contribution in [0.1, 0.15) is 43.2 Å². The maximum atomic E-state index is 12.6. The second-order valence-corrected chi connectivity index (χ2v) is 7.52. The molecule has 2 fully saturated rings. The molecule has 1 saturated heterocycles. The summed E-state index contributed by atoms with van der Waals surface area (Å²) in [5, 5.41) is 12.1. The molecule has 2 N–H and O–H groups in total. The number of amides is 2. The fourth-order valence-electron chi connectivity index (χ4n) is 3.95. The number of anilines is 1. The van der Waals surface area contributed by atoms with E-state index in [1.807, 2.05) is 32.0 Å². The standard InChI is InChI=1S/C20H26N2O4/c1-12-4-3-5-17(13(12)2)22-11-15(10-18(22)23)19(24)21-16-8-6-14(7-9-16)20(25)26/h3-5,14-16H,6-11H2,1-2H3,(H,21,24)(H,25,26)/t14?,15-,16?/m1/s1. The average Bonchev–Trinajstić information content (AvgIpc) is 2.99. The van der Waals surface area contributed by atoms with E-state index in [9.17, 15) is 14.4 Å². The van der Waals surface area contributed by atoms with Gasteiger partial charge in [0.1, 0.15) is 0 Å². The van der Waals surface area contributed by atoms with E-state index in [4.69, 9.17) is 5.11 Å². The zero-order chi connectivity index (χ0) is 18.8. The first-order valence-corrected chi connectivity index (χ1v) is 9.26. The molecular formula is C20H26N2O4. The summed E-state index contributed by atoms with van der Waals surface area (Å²) in [6.45, 7) is 4.41. The molecule has 0 aromatic heterocycles. The van der Waals surface area contributed by atoms with Crippen LogP contribution in [-0.2, 0) is 14.4 Å². The smallest absolute Gasteiger partial charge is 0.306 e.